The van der Waals surface area contributed by atoms with Crippen molar-refractivity contribution in [3.8, 4) is 5.75 Å². The maximum Gasteiger partial charge on any atom is 0.319 e. The van der Waals surface area contributed by atoms with Gasteiger partial charge in [-0.1, -0.05) is 45.1 Å². The van der Waals surface area contributed by atoms with E-state index in [9.17, 15) is 23.1 Å². The molecule has 3 amide bonds. The number of unbranched alkanes of at least 4 members (excludes halogenated alkanes) is 5. The summed E-state index contributed by atoms with van der Waals surface area (Å²) in [6, 6.07) is 11.4. The van der Waals surface area contributed by atoms with E-state index in [-0.39, 0.29) is 29.9 Å². The molecule has 0 unspecified atom stereocenters. The Morgan fingerprint density at radius 3 is 2.55 bits per heavy atom. The number of aliphatic hydroxyl groups is 1. The second kappa shape index (κ2) is 16.8. The highest BCUT2D eigenvalue weighted by Gasteiger charge is 2.29. The molecule has 2 aromatic carbocycles. The molecule has 0 saturated carbocycles. The quantitative estimate of drug-likeness (QED) is 0.166. The first kappa shape index (κ1) is 33.7. The van der Waals surface area contributed by atoms with E-state index >= 15 is 0 Å². The van der Waals surface area contributed by atoms with Crippen LogP contribution >= 0.6 is 0 Å². The largest absolute Gasteiger partial charge is 0.490 e. The van der Waals surface area contributed by atoms with E-state index in [4.69, 9.17) is 4.74 Å². The molecule has 2 heterocycles. The maximum absolute atomic E-state index is 13.2. The number of benzene rings is 2. The Bertz CT molecular complexity index is 1330. The first-order chi connectivity index (χ1) is 21.3. The predicted molar refractivity (Wildman–Crippen MR) is 171 cm³/mol. The van der Waals surface area contributed by atoms with Gasteiger partial charge in [-0.15, -0.1) is 0 Å². The molecule has 2 aromatic rings. The molecule has 12 heteroatoms. The van der Waals surface area contributed by atoms with Crippen LogP contribution in [0.2, 0.25) is 0 Å². The van der Waals surface area contributed by atoms with E-state index < -0.39 is 16.1 Å². The first-order valence-electron chi connectivity index (χ1n) is 15.8. The number of amides is 3. The summed E-state index contributed by atoms with van der Waals surface area (Å²) in [7, 11) is -3.63. The number of sulfonamides is 1. The van der Waals surface area contributed by atoms with Gasteiger partial charge in [0.25, 0.3) is 0 Å². The van der Waals surface area contributed by atoms with Crippen LogP contribution in [-0.4, -0.2) is 75.2 Å². The van der Waals surface area contributed by atoms with Gasteiger partial charge < -0.3 is 31.1 Å². The Hall–Kier alpha value is -3.19. The number of nitrogens with zero attached hydrogens (tertiary/aromatic N) is 1. The molecule has 44 heavy (non-hydrogen) atoms. The van der Waals surface area contributed by atoms with Crippen LogP contribution in [0, 0.1) is 5.92 Å². The average Bonchev–Trinajstić information content (AvgIpc) is 3.41. The van der Waals surface area contributed by atoms with Crippen molar-refractivity contribution in [2.24, 2.45) is 5.92 Å². The van der Waals surface area contributed by atoms with Crippen LogP contribution in [0.25, 0.3) is 0 Å². The van der Waals surface area contributed by atoms with Gasteiger partial charge >= 0.3 is 6.03 Å². The fraction of sp³-hybridized carbons (Fsp3) is 0.562. The number of piperidine rings is 1. The third-order valence-corrected chi connectivity index (χ3v) is 10.0. The van der Waals surface area contributed by atoms with E-state index in [2.05, 4.69) is 28.2 Å². The van der Waals surface area contributed by atoms with Crippen molar-refractivity contribution in [1.29, 1.82) is 0 Å². The zero-order valence-corrected chi connectivity index (χ0v) is 26.5. The van der Waals surface area contributed by atoms with Gasteiger partial charge in [0.15, 0.2) is 0 Å². The van der Waals surface area contributed by atoms with Crippen LogP contribution in [0.1, 0.15) is 63.9 Å². The van der Waals surface area contributed by atoms with E-state index in [1.165, 1.54) is 42.1 Å². The second-order valence-corrected chi connectivity index (χ2v) is 13.6. The summed E-state index contributed by atoms with van der Waals surface area (Å²) in [5.41, 5.74) is 2.11. The van der Waals surface area contributed by atoms with Gasteiger partial charge in [-0.05, 0) is 68.1 Å². The summed E-state index contributed by atoms with van der Waals surface area (Å²) < 4.78 is 33.7. The lowest BCUT2D eigenvalue weighted by molar-refractivity contribution is -0.115. The molecule has 242 valence electrons. The summed E-state index contributed by atoms with van der Waals surface area (Å²) in [6.45, 7) is 4.77. The van der Waals surface area contributed by atoms with Crippen LogP contribution < -0.4 is 26.0 Å². The number of anilines is 2. The molecule has 4 rings (SSSR count). The monoisotopic (exact) mass is 629 g/mol. The second-order valence-electron chi connectivity index (χ2n) is 11.7. The van der Waals surface area contributed by atoms with E-state index in [0.29, 0.717) is 62.9 Å². The molecule has 1 saturated heterocycles. The van der Waals surface area contributed by atoms with Crippen LogP contribution in [0.15, 0.2) is 47.4 Å². The number of rotatable bonds is 17. The fourth-order valence-corrected chi connectivity index (χ4v) is 7.02. The number of hydrogen-bond acceptors (Lipinski definition) is 7. The van der Waals surface area contributed by atoms with Crippen molar-refractivity contribution in [3.63, 3.8) is 0 Å². The molecule has 0 aliphatic carbocycles. The Balaban J connectivity index is 1.12. The summed E-state index contributed by atoms with van der Waals surface area (Å²) in [5, 5.41) is 22.1. The minimum absolute atomic E-state index is 0.0673. The number of nitrogens with one attached hydrogen (secondary N) is 4. The average molecular weight is 630 g/mol. The van der Waals surface area contributed by atoms with E-state index in [0.717, 1.165) is 24.1 Å². The Morgan fingerprint density at radius 2 is 1.80 bits per heavy atom. The zero-order chi connectivity index (χ0) is 31.4. The summed E-state index contributed by atoms with van der Waals surface area (Å²) in [6.07, 6.45) is 7.90. The van der Waals surface area contributed by atoms with E-state index in [1.807, 2.05) is 12.1 Å². The molecule has 5 N–H and O–H groups in total. The van der Waals surface area contributed by atoms with Crippen molar-refractivity contribution in [2.75, 3.05) is 50.0 Å². The summed E-state index contributed by atoms with van der Waals surface area (Å²) in [5.74, 6) is 0.830. The Labute approximate surface area is 261 Å². The molecule has 0 spiro atoms. The molecule has 0 radical (unpaired) electrons. The van der Waals surface area contributed by atoms with Gasteiger partial charge in [-0.3, -0.25) is 4.79 Å². The predicted octanol–water partition coefficient (Wildman–Crippen LogP) is 4.09. The number of fused-ring (bicyclic) bond motifs is 1. The Kier molecular flexibility index (Phi) is 12.8. The first-order valence-corrected chi connectivity index (χ1v) is 17.3. The lowest BCUT2D eigenvalue weighted by Gasteiger charge is -2.31. The number of urea groups is 1. The minimum Gasteiger partial charge on any atom is -0.490 e. The van der Waals surface area contributed by atoms with Gasteiger partial charge in [0, 0.05) is 43.1 Å². The number of carbonyl (C=O) groups is 2. The van der Waals surface area contributed by atoms with Crippen molar-refractivity contribution < 1.29 is 27.9 Å². The number of aliphatic hydroxyl groups excluding tert-OH is 1. The molecule has 2 aliphatic heterocycles. The third-order valence-electron chi connectivity index (χ3n) is 8.13. The van der Waals surface area contributed by atoms with Crippen LogP contribution in [0.4, 0.5) is 16.2 Å². The van der Waals surface area contributed by atoms with Gasteiger partial charge in [0.1, 0.15) is 18.5 Å². The molecular formula is C32H47N5O6S. The van der Waals surface area contributed by atoms with Gasteiger partial charge in [-0.2, -0.15) is 4.31 Å². The Morgan fingerprint density at radius 1 is 1.07 bits per heavy atom. The molecule has 2 aliphatic rings. The lowest BCUT2D eigenvalue weighted by atomic mass is 9.98. The molecule has 0 aromatic heterocycles. The molecule has 0 bridgehead atoms. The molecule has 1 atom stereocenters. The number of hydrogen-bond donors (Lipinski definition) is 5. The smallest absolute Gasteiger partial charge is 0.319 e. The normalized spacial score (nSPS) is 16.3. The van der Waals surface area contributed by atoms with E-state index in [1.54, 1.807) is 18.2 Å². The van der Waals surface area contributed by atoms with Crippen LogP contribution in [0.5, 0.6) is 5.75 Å². The zero-order valence-electron chi connectivity index (χ0n) is 25.6. The van der Waals surface area contributed by atoms with Gasteiger partial charge in [-0.25, -0.2) is 13.2 Å². The third kappa shape index (κ3) is 9.91. The van der Waals surface area contributed by atoms with Crippen molar-refractivity contribution >= 4 is 33.3 Å². The fourth-order valence-electron chi connectivity index (χ4n) is 5.55. The van der Waals surface area contributed by atoms with Gasteiger partial charge in [0.2, 0.25) is 15.9 Å². The molecule has 1 fully saturated rings. The molecular weight excluding hydrogens is 582 g/mol. The lowest BCUT2D eigenvalue weighted by Crippen LogP contribution is -2.42. The minimum atomic E-state index is -3.63. The number of ether oxygens (including phenoxy) is 1. The maximum atomic E-state index is 13.2. The highest BCUT2D eigenvalue weighted by molar-refractivity contribution is 7.89. The summed E-state index contributed by atoms with van der Waals surface area (Å²) in [4.78, 5) is 24.0. The van der Waals surface area contributed by atoms with Crippen molar-refractivity contribution in [2.45, 2.75) is 75.7 Å². The summed E-state index contributed by atoms with van der Waals surface area (Å²) >= 11 is 0. The van der Waals surface area contributed by atoms with Crippen molar-refractivity contribution in [3.05, 3.63) is 48.0 Å². The standard InChI is InChI=1S/C32H47N5O6S/c1-2-3-4-5-6-7-17-34-32(40)35-25-11-13-27(14-12-25)44(41,42)37-18-15-24(16-19-37)21-33-22-26(38)23-43-30-10-8-9-29-28(30)20-31(39)36-29/h8-14,24,26,33,38H,2-7,15-23H2,1H3,(H,36,39)(H2,34,35,40)/t26-/m0/s1. The highest BCUT2D eigenvalue weighted by Crippen LogP contribution is 2.31. The van der Waals surface area contributed by atoms with Crippen LogP contribution in [-0.2, 0) is 21.2 Å². The topological polar surface area (TPSA) is 149 Å². The SMILES string of the molecule is CCCCCCCCNC(=O)Nc1ccc(S(=O)(=O)N2CCC(CNC[C@H](O)COc3cccc4c3CC(=O)N4)CC2)cc1. The molecule has 11 nitrogen and oxygen atoms in total. The highest BCUT2D eigenvalue weighted by atomic mass is 32.2. The van der Waals surface area contributed by atoms with Crippen LogP contribution in [0.3, 0.4) is 0 Å². The number of carbonyl (C=O) groups excluding carboxylic acids is 2. The van der Waals surface area contributed by atoms with Crippen molar-refractivity contribution in [1.82, 2.24) is 14.9 Å². The van der Waals surface area contributed by atoms with Gasteiger partial charge in [0.05, 0.1) is 11.3 Å².